The van der Waals surface area contributed by atoms with Crippen molar-refractivity contribution in [2.24, 2.45) is 0 Å². The fraction of sp³-hybridized carbons (Fsp3) is 0.750. The number of morpholine rings is 1. The lowest BCUT2D eigenvalue weighted by Crippen LogP contribution is -2.52. The second-order valence-electron chi connectivity index (χ2n) is 4.78. The predicted molar refractivity (Wildman–Crippen MR) is 64.6 cm³/mol. The molecule has 1 atom stereocenters. The Bertz CT molecular complexity index is 325. The Labute approximate surface area is 100 Å². The zero-order chi connectivity index (χ0) is 10.8. The van der Waals surface area contributed by atoms with Crippen LogP contribution in [-0.4, -0.2) is 23.1 Å². The molecule has 2 aliphatic rings. The van der Waals surface area contributed by atoms with Crippen molar-refractivity contribution in [2.75, 3.05) is 13.2 Å². The minimum Gasteiger partial charge on any atom is -0.372 e. The third kappa shape index (κ3) is 1.79. The number of rotatable bonds is 1. The van der Waals surface area contributed by atoms with Crippen LogP contribution in [0.5, 0.6) is 0 Å². The Morgan fingerprint density at radius 2 is 2.25 bits per heavy atom. The van der Waals surface area contributed by atoms with Gasteiger partial charge < -0.3 is 10.1 Å². The quantitative estimate of drug-likeness (QED) is 0.816. The summed E-state index contributed by atoms with van der Waals surface area (Å²) in [6, 6.07) is 2.50. The highest BCUT2D eigenvalue weighted by atomic mass is 32.1. The topological polar surface area (TPSA) is 34.1 Å². The number of aromatic nitrogens is 1. The number of hydrogen-bond acceptors (Lipinski definition) is 4. The van der Waals surface area contributed by atoms with Crippen molar-refractivity contribution >= 4 is 11.5 Å². The van der Waals surface area contributed by atoms with E-state index in [1.807, 2.05) is 6.20 Å². The maximum atomic E-state index is 6.16. The first-order valence-corrected chi connectivity index (χ1v) is 6.96. The van der Waals surface area contributed by atoms with Crippen LogP contribution in [0.15, 0.2) is 12.3 Å². The van der Waals surface area contributed by atoms with Crippen molar-refractivity contribution in [3.8, 4) is 0 Å². The van der Waals surface area contributed by atoms with E-state index in [9.17, 15) is 0 Å². The molecule has 0 radical (unpaired) electrons. The molecule has 16 heavy (non-hydrogen) atoms. The normalized spacial score (nSPS) is 29.4. The van der Waals surface area contributed by atoms with Crippen LogP contribution in [0.1, 0.15) is 43.0 Å². The second kappa shape index (κ2) is 4.43. The SMILES string of the molecule is c1cc(C2NCCOC23CCCCC3)sn1. The Morgan fingerprint density at radius 3 is 3.00 bits per heavy atom. The summed E-state index contributed by atoms with van der Waals surface area (Å²) < 4.78 is 10.4. The summed E-state index contributed by atoms with van der Waals surface area (Å²) in [5.74, 6) is 0. The fourth-order valence-electron chi connectivity index (χ4n) is 3.04. The summed E-state index contributed by atoms with van der Waals surface area (Å²) in [5, 5.41) is 3.63. The Kier molecular flexibility index (Phi) is 2.96. The van der Waals surface area contributed by atoms with E-state index in [1.54, 1.807) is 11.5 Å². The van der Waals surface area contributed by atoms with Crippen LogP contribution in [0.2, 0.25) is 0 Å². The van der Waals surface area contributed by atoms with Crippen molar-refractivity contribution < 1.29 is 4.74 Å². The molecular weight excluding hydrogens is 220 g/mol. The van der Waals surface area contributed by atoms with E-state index in [-0.39, 0.29) is 5.60 Å². The van der Waals surface area contributed by atoms with Gasteiger partial charge in [0.25, 0.3) is 0 Å². The van der Waals surface area contributed by atoms with E-state index >= 15 is 0 Å². The van der Waals surface area contributed by atoms with Gasteiger partial charge >= 0.3 is 0 Å². The highest BCUT2D eigenvalue weighted by molar-refractivity contribution is 7.05. The molecule has 0 aromatic carbocycles. The summed E-state index contributed by atoms with van der Waals surface area (Å²) in [4.78, 5) is 1.33. The summed E-state index contributed by atoms with van der Waals surface area (Å²) in [6.07, 6.45) is 8.26. The van der Waals surface area contributed by atoms with Crippen LogP contribution in [0, 0.1) is 0 Å². The van der Waals surface area contributed by atoms with Crippen LogP contribution >= 0.6 is 11.5 Å². The van der Waals surface area contributed by atoms with Crippen molar-refractivity contribution in [1.29, 1.82) is 0 Å². The van der Waals surface area contributed by atoms with Crippen LogP contribution in [-0.2, 0) is 4.74 Å². The first kappa shape index (κ1) is 10.7. The molecule has 0 bridgehead atoms. The average molecular weight is 238 g/mol. The summed E-state index contributed by atoms with van der Waals surface area (Å²) in [5.41, 5.74) is 0.0586. The van der Waals surface area contributed by atoms with Gasteiger partial charge in [0.2, 0.25) is 0 Å². The first-order valence-electron chi connectivity index (χ1n) is 6.19. The van der Waals surface area contributed by atoms with Gasteiger partial charge in [-0.1, -0.05) is 19.3 Å². The molecule has 2 heterocycles. The standard InChI is InChI=1S/C12H18N2OS/c1-2-5-12(6-3-1)11(13-8-9-15-12)10-4-7-14-16-10/h4,7,11,13H,1-3,5-6,8-9H2. The smallest absolute Gasteiger partial charge is 0.0885 e. The van der Waals surface area contributed by atoms with Crippen LogP contribution < -0.4 is 5.32 Å². The maximum absolute atomic E-state index is 6.16. The molecule has 88 valence electrons. The minimum absolute atomic E-state index is 0.0586. The van der Waals surface area contributed by atoms with Crippen LogP contribution in [0.25, 0.3) is 0 Å². The van der Waals surface area contributed by atoms with Crippen molar-refractivity contribution in [3.63, 3.8) is 0 Å². The van der Waals surface area contributed by atoms with Crippen molar-refractivity contribution in [2.45, 2.75) is 43.7 Å². The summed E-state index contributed by atoms with van der Waals surface area (Å²) >= 11 is 1.60. The van der Waals surface area contributed by atoms with E-state index in [0.717, 1.165) is 13.2 Å². The molecule has 0 amide bonds. The monoisotopic (exact) mass is 238 g/mol. The van der Waals surface area contributed by atoms with E-state index in [2.05, 4.69) is 15.8 Å². The van der Waals surface area contributed by atoms with Crippen LogP contribution in [0.3, 0.4) is 0 Å². The Hall–Kier alpha value is -0.450. The molecule has 4 heteroatoms. The molecule has 3 rings (SSSR count). The van der Waals surface area contributed by atoms with E-state index in [4.69, 9.17) is 4.74 Å². The van der Waals surface area contributed by atoms with E-state index < -0.39 is 0 Å². The van der Waals surface area contributed by atoms with Gasteiger partial charge in [0.15, 0.2) is 0 Å². The number of ether oxygens (including phenoxy) is 1. The average Bonchev–Trinajstić information content (AvgIpc) is 2.84. The third-order valence-electron chi connectivity index (χ3n) is 3.81. The van der Waals surface area contributed by atoms with Gasteiger partial charge in [0.05, 0.1) is 18.2 Å². The van der Waals surface area contributed by atoms with E-state index in [1.165, 1.54) is 37.0 Å². The van der Waals surface area contributed by atoms with Crippen molar-refractivity contribution in [3.05, 3.63) is 17.1 Å². The number of hydrogen-bond donors (Lipinski definition) is 1. The molecule has 1 aromatic rings. The molecule has 1 aromatic heterocycles. The second-order valence-corrected chi connectivity index (χ2v) is 5.64. The molecule has 1 saturated carbocycles. The van der Waals surface area contributed by atoms with Crippen LogP contribution in [0.4, 0.5) is 0 Å². The van der Waals surface area contributed by atoms with Gasteiger partial charge in [0, 0.05) is 17.6 Å². The Balaban J connectivity index is 1.88. The number of nitrogens with zero attached hydrogens (tertiary/aromatic N) is 1. The lowest BCUT2D eigenvalue weighted by atomic mass is 9.78. The highest BCUT2D eigenvalue weighted by Gasteiger charge is 2.44. The lowest BCUT2D eigenvalue weighted by molar-refractivity contribution is -0.118. The fourth-order valence-corrected chi connectivity index (χ4v) is 3.81. The molecule has 1 N–H and O–H groups in total. The molecule has 1 saturated heterocycles. The van der Waals surface area contributed by atoms with Gasteiger partial charge in [-0.2, -0.15) is 0 Å². The first-order chi connectivity index (χ1) is 7.91. The van der Waals surface area contributed by atoms with Gasteiger partial charge in [-0.05, 0) is 30.4 Å². The molecule has 1 unspecified atom stereocenters. The lowest BCUT2D eigenvalue weighted by Gasteiger charge is -2.46. The molecule has 1 aliphatic heterocycles. The molecular formula is C12H18N2OS. The van der Waals surface area contributed by atoms with Gasteiger partial charge in [0.1, 0.15) is 0 Å². The predicted octanol–water partition coefficient (Wildman–Crippen LogP) is 2.51. The Morgan fingerprint density at radius 1 is 1.38 bits per heavy atom. The van der Waals surface area contributed by atoms with Gasteiger partial charge in [-0.25, -0.2) is 4.37 Å². The zero-order valence-corrected chi connectivity index (χ0v) is 10.3. The molecule has 3 nitrogen and oxygen atoms in total. The maximum Gasteiger partial charge on any atom is 0.0885 e. The molecule has 2 fully saturated rings. The van der Waals surface area contributed by atoms with E-state index in [0.29, 0.717) is 6.04 Å². The largest absolute Gasteiger partial charge is 0.372 e. The minimum atomic E-state index is 0.0586. The number of nitrogens with one attached hydrogen (secondary N) is 1. The van der Waals surface area contributed by atoms with Gasteiger partial charge in [-0.15, -0.1) is 0 Å². The summed E-state index contributed by atoms with van der Waals surface area (Å²) in [6.45, 7) is 1.82. The van der Waals surface area contributed by atoms with Gasteiger partial charge in [-0.3, -0.25) is 0 Å². The summed E-state index contributed by atoms with van der Waals surface area (Å²) in [7, 11) is 0. The molecule has 1 aliphatic carbocycles. The van der Waals surface area contributed by atoms with Crippen molar-refractivity contribution in [1.82, 2.24) is 9.69 Å². The highest BCUT2D eigenvalue weighted by Crippen LogP contribution is 2.43. The zero-order valence-electron chi connectivity index (χ0n) is 9.45. The molecule has 1 spiro atoms. The third-order valence-corrected chi connectivity index (χ3v) is 4.62.